The zero-order valence-electron chi connectivity index (χ0n) is 8.97. The van der Waals surface area contributed by atoms with E-state index in [1.54, 1.807) is 19.9 Å². The highest BCUT2D eigenvalue weighted by atomic mass is 32.1. The van der Waals surface area contributed by atoms with Gasteiger partial charge in [-0.2, -0.15) is 0 Å². The van der Waals surface area contributed by atoms with Gasteiger partial charge in [-0.1, -0.05) is 11.2 Å². The van der Waals surface area contributed by atoms with Crippen LogP contribution < -0.4 is 0 Å². The highest BCUT2D eigenvalue weighted by molar-refractivity contribution is 7.13. The Kier molecular flexibility index (Phi) is 3.05. The first-order chi connectivity index (χ1) is 7.66. The van der Waals surface area contributed by atoms with Gasteiger partial charge in [0.2, 0.25) is 0 Å². The second-order valence-corrected chi connectivity index (χ2v) is 4.46. The van der Waals surface area contributed by atoms with E-state index in [1.165, 1.54) is 11.3 Å². The molecule has 0 amide bonds. The zero-order valence-corrected chi connectivity index (χ0v) is 9.78. The number of carbonyl (C=O) groups excluding carboxylic acids is 1. The standard InChI is InChI=1S/C11H11NO3S/c1-7(2)14-11(13)8-6-9(15-12-8)10-4-3-5-16-10/h3-7H,1-2H3. The van der Waals surface area contributed by atoms with Crippen molar-refractivity contribution in [2.45, 2.75) is 20.0 Å². The largest absolute Gasteiger partial charge is 0.458 e. The summed E-state index contributed by atoms with van der Waals surface area (Å²) >= 11 is 1.53. The van der Waals surface area contributed by atoms with Gasteiger partial charge in [0.25, 0.3) is 0 Å². The fraction of sp³-hybridized carbons (Fsp3) is 0.273. The minimum absolute atomic E-state index is 0.158. The fourth-order valence-electron chi connectivity index (χ4n) is 1.18. The van der Waals surface area contributed by atoms with Crippen LogP contribution in [0.1, 0.15) is 24.3 Å². The van der Waals surface area contributed by atoms with Gasteiger partial charge in [0.15, 0.2) is 11.5 Å². The highest BCUT2D eigenvalue weighted by Gasteiger charge is 2.16. The topological polar surface area (TPSA) is 52.3 Å². The predicted octanol–water partition coefficient (Wildman–Crippen LogP) is 2.97. The summed E-state index contributed by atoms with van der Waals surface area (Å²) in [7, 11) is 0. The van der Waals surface area contributed by atoms with Gasteiger partial charge in [0.05, 0.1) is 11.0 Å². The summed E-state index contributed by atoms with van der Waals surface area (Å²) in [5.74, 6) is 0.132. The monoisotopic (exact) mass is 237 g/mol. The molecule has 0 aliphatic rings. The molecule has 5 heteroatoms. The molecule has 4 nitrogen and oxygen atoms in total. The van der Waals surface area contributed by atoms with Crippen LogP contribution in [0.3, 0.4) is 0 Å². The first-order valence-corrected chi connectivity index (χ1v) is 5.76. The Morgan fingerprint density at radius 2 is 2.38 bits per heavy atom. The van der Waals surface area contributed by atoms with Crippen LogP contribution in [0.4, 0.5) is 0 Å². The summed E-state index contributed by atoms with van der Waals surface area (Å²) < 4.78 is 10.1. The number of thiophene rings is 1. The molecule has 0 saturated carbocycles. The first kappa shape index (κ1) is 10.9. The van der Waals surface area contributed by atoms with Crippen molar-refractivity contribution >= 4 is 17.3 Å². The maximum Gasteiger partial charge on any atom is 0.360 e. The quantitative estimate of drug-likeness (QED) is 0.770. The molecule has 2 rings (SSSR count). The molecule has 84 valence electrons. The molecule has 0 bridgehead atoms. The Hall–Kier alpha value is -1.62. The van der Waals surface area contributed by atoms with E-state index in [1.807, 2.05) is 17.5 Å². The number of hydrogen-bond donors (Lipinski definition) is 0. The van der Waals surface area contributed by atoms with Crippen molar-refractivity contribution in [3.8, 4) is 10.6 Å². The lowest BCUT2D eigenvalue weighted by atomic mass is 10.3. The molecule has 2 heterocycles. The third-order valence-electron chi connectivity index (χ3n) is 1.83. The smallest absolute Gasteiger partial charge is 0.360 e. The summed E-state index contributed by atoms with van der Waals surface area (Å²) in [5, 5.41) is 5.62. The maximum absolute atomic E-state index is 11.5. The van der Waals surface area contributed by atoms with E-state index < -0.39 is 5.97 Å². The molecule has 0 spiro atoms. The van der Waals surface area contributed by atoms with Gasteiger partial charge in [-0.15, -0.1) is 11.3 Å². The number of esters is 1. The van der Waals surface area contributed by atoms with Crippen molar-refractivity contribution in [3.63, 3.8) is 0 Å². The van der Waals surface area contributed by atoms with E-state index in [0.29, 0.717) is 5.76 Å². The van der Waals surface area contributed by atoms with Crippen LogP contribution in [0.2, 0.25) is 0 Å². The predicted molar refractivity (Wildman–Crippen MR) is 60.4 cm³/mol. The summed E-state index contributed by atoms with van der Waals surface area (Å²) in [4.78, 5) is 12.4. The second kappa shape index (κ2) is 4.49. The zero-order chi connectivity index (χ0) is 11.5. The van der Waals surface area contributed by atoms with Gasteiger partial charge in [-0.25, -0.2) is 4.79 Å². The van der Waals surface area contributed by atoms with E-state index in [-0.39, 0.29) is 11.8 Å². The lowest BCUT2D eigenvalue weighted by Crippen LogP contribution is -2.11. The lowest BCUT2D eigenvalue weighted by molar-refractivity contribution is 0.0366. The number of nitrogens with zero attached hydrogens (tertiary/aromatic N) is 1. The van der Waals surface area contributed by atoms with Gasteiger partial charge in [0, 0.05) is 6.07 Å². The summed E-state index contributed by atoms with van der Waals surface area (Å²) in [6, 6.07) is 5.41. The van der Waals surface area contributed by atoms with Crippen LogP contribution in [0.25, 0.3) is 10.6 Å². The second-order valence-electron chi connectivity index (χ2n) is 3.51. The van der Waals surface area contributed by atoms with Crippen LogP contribution in [-0.2, 0) is 4.74 Å². The molecule has 2 aromatic heterocycles. The van der Waals surface area contributed by atoms with Gasteiger partial charge in [0.1, 0.15) is 0 Å². The Morgan fingerprint density at radius 1 is 1.56 bits per heavy atom. The molecule has 16 heavy (non-hydrogen) atoms. The molecular formula is C11H11NO3S. The normalized spacial score (nSPS) is 10.7. The van der Waals surface area contributed by atoms with Crippen LogP contribution in [0, 0.1) is 0 Å². The molecule has 2 aromatic rings. The van der Waals surface area contributed by atoms with Crippen molar-refractivity contribution in [2.75, 3.05) is 0 Å². The summed E-state index contributed by atoms with van der Waals surface area (Å²) in [5.41, 5.74) is 0.206. The fourth-order valence-corrected chi connectivity index (χ4v) is 1.85. The van der Waals surface area contributed by atoms with E-state index in [9.17, 15) is 4.79 Å². The van der Waals surface area contributed by atoms with Crippen molar-refractivity contribution in [1.29, 1.82) is 0 Å². The SMILES string of the molecule is CC(C)OC(=O)c1cc(-c2cccs2)on1. The van der Waals surface area contributed by atoms with Crippen molar-refractivity contribution in [2.24, 2.45) is 0 Å². The Balaban J connectivity index is 2.17. The number of hydrogen-bond acceptors (Lipinski definition) is 5. The van der Waals surface area contributed by atoms with Crippen LogP contribution >= 0.6 is 11.3 Å². The molecule has 0 unspecified atom stereocenters. The number of ether oxygens (including phenoxy) is 1. The Labute approximate surface area is 96.8 Å². The average Bonchev–Trinajstić information content (AvgIpc) is 2.87. The lowest BCUT2D eigenvalue weighted by Gasteiger charge is -2.04. The minimum atomic E-state index is -0.457. The van der Waals surface area contributed by atoms with Gasteiger partial charge in [-0.05, 0) is 25.3 Å². The molecule has 0 radical (unpaired) electrons. The Bertz CT molecular complexity index is 473. The first-order valence-electron chi connectivity index (χ1n) is 4.88. The van der Waals surface area contributed by atoms with Crippen LogP contribution in [-0.4, -0.2) is 17.2 Å². The van der Waals surface area contributed by atoms with Gasteiger partial charge >= 0.3 is 5.97 Å². The van der Waals surface area contributed by atoms with E-state index in [2.05, 4.69) is 5.16 Å². The van der Waals surface area contributed by atoms with Crippen LogP contribution in [0.5, 0.6) is 0 Å². The Morgan fingerprint density at radius 3 is 3.00 bits per heavy atom. The third kappa shape index (κ3) is 2.30. The van der Waals surface area contributed by atoms with E-state index in [0.717, 1.165) is 4.88 Å². The summed E-state index contributed by atoms with van der Waals surface area (Å²) in [6.07, 6.45) is -0.158. The molecule has 0 atom stereocenters. The molecule has 0 saturated heterocycles. The molecule has 0 N–H and O–H groups in total. The van der Waals surface area contributed by atoms with Crippen molar-refractivity contribution in [3.05, 3.63) is 29.3 Å². The van der Waals surface area contributed by atoms with Gasteiger partial charge < -0.3 is 9.26 Å². The average molecular weight is 237 g/mol. The number of aromatic nitrogens is 1. The van der Waals surface area contributed by atoms with E-state index in [4.69, 9.17) is 9.26 Å². The molecule has 0 fully saturated rings. The van der Waals surface area contributed by atoms with Gasteiger partial charge in [-0.3, -0.25) is 0 Å². The number of rotatable bonds is 3. The number of carbonyl (C=O) groups is 1. The summed E-state index contributed by atoms with van der Waals surface area (Å²) in [6.45, 7) is 3.58. The van der Waals surface area contributed by atoms with Crippen molar-refractivity contribution in [1.82, 2.24) is 5.16 Å². The highest BCUT2D eigenvalue weighted by Crippen LogP contribution is 2.25. The molecule has 0 aromatic carbocycles. The maximum atomic E-state index is 11.5. The van der Waals surface area contributed by atoms with E-state index >= 15 is 0 Å². The molecule has 0 aliphatic heterocycles. The third-order valence-corrected chi connectivity index (χ3v) is 2.71. The van der Waals surface area contributed by atoms with Crippen LogP contribution in [0.15, 0.2) is 28.1 Å². The molecule has 0 aliphatic carbocycles. The van der Waals surface area contributed by atoms with Crippen molar-refractivity contribution < 1.29 is 14.1 Å². The molecular weight excluding hydrogens is 226 g/mol. The minimum Gasteiger partial charge on any atom is -0.458 e.